The molecule has 1 heterocycles. The molecule has 1 aliphatic rings. The summed E-state index contributed by atoms with van der Waals surface area (Å²) in [6.07, 6.45) is 5.23. The van der Waals surface area contributed by atoms with E-state index in [0.29, 0.717) is 0 Å². The first-order valence-corrected chi connectivity index (χ1v) is 8.70. The van der Waals surface area contributed by atoms with Gasteiger partial charge in [0.1, 0.15) is 0 Å². The van der Waals surface area contributed by atoms with Crippen LogP contribution in [-0.2, 0) is 5.41 Å². The quantitative estimate of drug-likeness (QED) is 0.732. The second kappa shape index (κ2) is 7.95. The van der Waals surface area contributed by atoms with Gasteiger partial charge in [0.05, 0.1) is 0 Å². The van der Waals surface area contributed by atoms with Crippen molar-refractivity contribution in [2.75, 3.05) is 26.2 Å². The Bertz CT molecular complexity index is 403. The second-order valence-electron chi connectivity index (χ2n) is 6.78. The topological polar surface area (TPSA) is 15.3 Å². The van der Waals surface area contributed by atoms with Crippen LogP contribution in [0, 0.1) is 0 Å². The van der Waals surface area contributed by atoms with Crippen molar-refractivity contribution < 1.29 is 0 Å². The molecule has 0 saturated carbocycles. The molecule has 1 aliphatic heterocycles. The predicted molar refractivity (Wildman–Crippen MR) is 91.8 cm³/mol. The fourth-order valence-corrected chi connectivity index (χ4v) is 3.64. The summed E-state index contributed by atoms with van der Waals surface area (Å²) in [6, 6.07) is 11.9. The smallest absolute Gasteiger partial charge is 0.0177 e. The van der Waals surface area contributed by atoms with Gasteiger partial charge in [0.25, 0.3) is 0 Å². The maximum Gasteiger partial charge on any atom is 0.0177 e. The van der Waals surface area contributed by atoms with Crippen LogP contribution in [0.25, 0.3) is 0 Å². The Morgan fingerprint density at radius 1 is 1.24 bits per heavy atom. The number of nitrogens with one attached hydrogen (secondary N) is 1. The first kappa shape index (κ1) is 16.5. The molecule has 2 rings (SSSR count). The van der Waals surface area contributed by atoms with Crippen LogP contribution in [0.5, 0.6) is 0 Å². The van der Waals surface area contributed by atoms with E-state index in [1.54, 1.807) is 0 Å². The monoisotopic (exact) mass is 288 g/mol. The van der Waals surface area contributed by atoms with E-state index in [9.17, 15) is 0 Å². The maximum absolute atomic E-state index is 3.65. The van der Waals surface area contributed by atoms with Crippen LogP contribution in [0.15, 0.2) is 30.3 Å². The fraction of sp³-hybridized carbons (Fsp3) is 0.684. The Balaban J connectivity index is 2.11. The van der Waals surface area contributed by atoms with Gasteiger partial charge in [-0.15, -0.1) is 0 Å². The van der Waals surface area contributed by atoms with E-state index in [1.807, 2.05) is 0 Å². The Morgan fingerprint density at radius 3 is 2.67 bits per heavy atom. The number of hydrogen-bond acceptors (Lipinski definition) is 2. The third kappa shape index (κ3) is 4.31. The summed E-state index contributed by atoms with van der Waals surface area (Å²) in [4.78, 5) is 2.72. The van der Waals surface area contributed by atoms with Crippen molar-refractivity contribution in [3.8, 4) is 0 Å². The second-order valence-corrected chi connectivity index (χ2v) is 6.78. The van der Waals surface area contributed by atoms with Crippen molar-refractivity contribution in [1.82, 2.24) is 10.2 Å². The zero-order chi connectivity index (χ0) is 15.1. The summed E-state index contributed by atoms with van der Waals surface area (Å²) in [5.41, 5.74) is 1.67. The van der Waals surface area contributed by atoms with Crippen molar-refractivity contribution in [3.63, 3.8) is 0 Å². The van der Waals surface area contributed by atoms with Crippen LogP contribution in [0.1, 0.15) is 52.0 Å². The molecular weight excluding hydrogens is 256 g/mol. The molecule has 118 valence electrons. The molecule has 0 radical (unpaired) electrons. The van der Waals surface area contributed by atoms with Gasteiger partial charge in [-0.05, 0) is 44.3 Å². The van der Waals surface area contributed by atoms with E-state index in [2.05, 4.69) is 61.3 Å². The van der Waals surface area contributed by atoms with Gasteiger partial charge in [-0.2, -0.15) is 0 Å². The van der Waals surface area contributed by atoms with Gasteiger partial charge in [-0.1, -0.05) is 51.1 Å². The first-order chi connectivity index (χ1) is 10.2. The standard InChI is InChI=1S/C19H32N2/c1-4-13-20-15-19(3,17-10-7-6-8-11-17)16-21-14-9-12-18(21)5-2/h6-8,10-11,18,20H,4-5,9,12-16H2,1-3H3. The molecule has 0 spiro atoms. The summed E-state index contributed by atoms with van der Waals surface area (Å²) < 4.78 is 0. The first-order valence-electron chi connectivity index (χ1n) is 8.70. The molecule has 2 unspecified atom stereocenters. The summed E-state index contributed by atoms with van der Waals surface area (Å²) >= 11 is 0. The number of likely N-dealkylation sites (tertiary alicyclic amines) is 1. The lowest BCUT2D eigenvalue weighted by atomic mass is 9.81. The van der Waals surface area contributed by atoms with Crippen molar-refractivity contribution in [3.05, 3.63) is 35.9 Å². The third-order valence-electron chi connectivity index (χ3n) is 4.94. The van der Waals surface area contributed by atoms with Gasteiger partial charge in [0, 0.05) is 24.5 Å². The van der Waals surface area contributed by atoms with Crippen LogP contribution in [-0.4, -0.2) is 37.1 Å². The van der Waals surface area contributed by atoms with E-state index in [1.165, 1.54) is 44.3 Å². The van der Waals surface area contributed by atoms with Gasteiger partial charge in [-0.25, -0.2) is 0 Å². The summed E-state index contributed by atoms with van der Waals surface area (Å²) in [7, 11) is 0. The Hall–Kier alpha value is -0.860. The summed E-state index contributed by atoms with van der Waals surface area (Å²) in [5.74, 6) is 0. The molecule has 1 fully saturated rings. The van der Waals surface area contributed by atoms with Crippen molar-refractivity contribution in [1.29, 1.82) is 0 Å². The largest absolute Gasteiger partial charge is 0.316 e. The van der Waals surface area contributed by atoms with Crippen LogP contribution in [0.2, 0.25) is 0 Å². The van der Waals surface area contributed by atoms with Crippen LogP contribution >= 0.6 is 0 Å². The molecule has 2 atom stereocenters. The highest BCUT2D eigenvalue weighted by atomic mass is 15.2. The number of rotatable bonds is 8. The Morgan fingerprint density at radius 2 is 2.00 bits per heavy atom. The molecular formula is C19H32N2. The molecule has 1 aromatic carbocycles. The van der Waals surface area contributed by atoms with Gasteiger partial charge in [0.15, 0.2) is 0 Å². The summed E-state index contributed by atoms with van der Waals surface area (Å²) in [5, 5.41) is 3.65. The highest BCUT2D eigenvalue weighted by Gasteiger charge is 2.33. The lowest BCUT2D eigenvalue weighted by Gasteiger charge is -2.37. The molecule has 0 amide bonds. The molecule has 1 saturated heterocycles. The van der Waals surface area contributed by atoms with E-state index >= 15 is 0 Å². The minimum Gasteiger partial charge on any atom is -0.316 e. The Labute approximate surface area is 130 Å². The minimum absolute atomic E-state index is 0.203. The number of hydrogen-bond donors (Lipinski definition) is 1. The molecule has 0 aliphatic carbocycles. The van der Waals surface area contributed by atoms with Crippen molar-refractivity contribution in [2.45, 2.75) is 57.9 Å². The van der Waals surface area contributed by atoms with Gasteiger partial charge >= 0.3 is 0 Å². The highest BCUT2D eigenvalue weighted by molar-refractivity contribution is 5.26. The molecule has 1 aromatic rings. The van der Waals surface area contributed by atoms with Gasteiger partial charge < -0.3 is 5.32 Å². The number of nitrogens with zero attached hydrogens (tertiary/aromatic N) is 1. The van der Waals surface area contributed by atoms with E-state index in [-0.39, 0.29) is 5.41 Å². The van der Waals surface area contributed by atoms with Crippen LogP contribution < -0.4 is 5.32 Å². The zero-order valence-electron chi connectivity index (χ0n) is 14.1. The minimum atomic E-state index is 0.203. The average Bonchev–Trinajstić information content (AvgIpc) is 2.95. The average molecular weight is 288 g/mol. The highest BCUT2D eigenvalue weighted by Crippen LogP contribution is 2.29. The van der Waals surface area contributed by atoms with Crippen LogP contribution in [0.4, 0.5) is 0 Å². The lowest BCUT2D eigenvalue weighted by molar-refractivity contribution is 0.192. The SMILES string of the molecule is CCCNCC(C)(CN1CCCC1CC)c1ccccc1. The van der Waals surface area contributed by atoms with Gasteiger partial charge in [0.2, 0.25) is 0 Å². The Kier molecular flexibility index (Phi) is 6.25. The molecule has 0 aromatic heterocycles. The predicted octanol–water partition coefficient (Wildman–Crippen LogP) is 3.82. The van der Waals surface area contributed by atoms with Gasteiger partial charge in [-0.3, -0.25) is 4.90 Å². The molecule has 2 heteroatoms. The fourth-order valence-electron chi connectivity index (χ4n) is 3.64. The van der Waals surface area contributed by atoms with Crippen molar-refractivity contribution in [2.24, 2.45) is 0 Å². The lowest BCUT2D eigenvalue weighted by Crippen LogP contribution is -2.47. The third-order valence-corrected chi connectivity index (χ3v) is 4.94. The van der Waals surface area contributed by atoms with E-state index < -0.39 is 0 Å². The molecule has 1 N–H and O–H groups in total. The van der Waals surface area contributed by atoms with Crippen LogP contribution in [0.3, 0.4) is 0 Å². The molecule has 2 nitrogen and oxygen atoms in total. The molecule has 21 heavy (non-hydrogen) atoms. The number of benzene rings is 1. The van der Waals surface area contributed by atoms with E-state index in [0.717, 1.165) is 19.1 Å². The normalized spacial score (nSPS) is 22.3. The van der Waals surface area contributed by atoms with E-state index in [4.69, 9.17) is 0 Å². The maximum atomic E-state index is 3.65. The summed E-state index contributed by atoms with van der Waals surface area (Å²) in [6.45, 7) is 11.6. The molecule has 0 bridgehead atoms. The van der Waals surface area contributed by atoms with Crippen molar-refractivity contribution >= 4 is 0 Å². The zero-order valence-corrected chi connectivity index (χ0v) is 14.1.